The number of thiophene rings is 1. The predicted octanol–water partition coefficient (Wildman–Crippen LogP) is 5.71. The summed E-state index contributed by atoms with van der Waals surface area (Å²) in [5, 5.41) is 3.49. The van der Waals surface area contributed by atoms with Crippen LogP contribution in [-0.4, -0.2) is 0 Å². The lowest BCUT2D eigenvalue weighted by Gasteiger charge is -2.20. The largest absolute Gasteiger partial charge is 0.303 e. The summed E-state index contributed by atoms with van der Waals surface area (Å²) in [5.41, 5.74) is 1.04. The number of benzene rings is 1. The summed E-state index contributed by atoms with van der Waals surface area (Å²) in [6, 6.07) is 9.00. The fraction of sp³-hybridized carbons (Fsp3) is 0.286. The Balaban J connectivity index is 2.10. The molecule has 2 rings (SSSR count). The van der Waals surface area contributed by atoms with Crippen LogP contribution in [0.2, 0.25) is 4.34 Å². The highest BCUT2D eigenvalue weighted by Gasteiger charge is 2.15. The lowest BCUT2D eigenvalue weighted by molar-refractivity contribution is 0.498. The molecule has 0 fully saturated rings. The molecule has 0 amide bonds. The van der Waals surface area contributed by atoms with E-state index in [1.54, 1.807) is 17.4 Å². The molecule has 0 saturated heterocycles. The Kier molecular flexibility index (Phi) is 5.01. The molecule has 2 aromatic rings. The highest BCUT2D eigenvalue weighted by atomic mass is 79.9. The van der Waals surface area contributed by atoms with E-state index in [2.05, 4.69) is 35.1 Å². The molecule has 102 valence electrons. The van der Waals surface area contributed by atoms with E-state index in [9.17, 15) is 4.39 Å². The number of nitrogens with one attached hydrogen (secondary N) is 1. The minimum atomic E-state index is -0.235. The van der Waals surface area contributed by atoms with Crippen molar-refractivity contribution in [3.63, 3.8) is 0 Å². The van der Waals surface area contributed by atoms with Crippen molar-refractivity contribution in [2.75, 3.05) is 0 Å². The van der Waals surface area contributed by atoms with Gasteiger partial charge in [0.2, 0.25) is 0 Å². The Morgan fingerprint density at radius 1 is 1.21 bits per heavy atom. The van der Waals surface area contributed by atoms with Crippen molar-refractivity contribution in [1.82, 2.24) is 5.32 Å². The molecule has 0 aliphatic heterocycles. The van der Waals surface area contributed by atoms with Crippen LogP contribution < -0.4 is 5.32 Å². The first kappa shape index (κ1) is 15.0. The summed E-state index contributed by atoms with van der Waals surface area (Å²) in [4.78, 5) is 1.19. The third kappa shape index (κ3) is 3.78. The molecule has 1 aromatic carbocycles. The van der Waals surface area contributed by atoms with Gasteiger partial charge in [0.1, 0.15) is 5.82 Å². The molecule has 0 saturated carbocycles. The van der Waals surface area contributed by atoms with Gasteiger partial charge >= 0.3 is 0 Å². The summed E-state index contributed by atoms with van der Waals surface area (Å²) in [6.45, 7) is 4.15. The summed E-state index contributed by atoms with van der Waals surface area (Å²) in [6.07, 6.45) is 0. The SMILES string of the molecule is CC(NC(C)c1ccc(F)cc1Br)c1ccc(Cl)s1. The van der Waals surface area contributed by atoms with Crippen LogP contribution in [0.15, 0.2) is 34.8 Å². The molecule has 19 heavy (non-hydrogen) atoms. The number of rotatable bonds is 4. The number of halogens is 3. The van der Waals surface area contributed by atoms with Crippen LogP contribution in [0.5, 0.6) is 0 Å². The highest BCUT2D eigenvalue weighted by molar-refractivity contribution is 9.10. The summed E-state index contributed by atoms with van der Waals surface area (Å²) >= 11 is 10.9. The van der Waals surface area contributed by atoms with Gasteiger partial charge in [-0.2, -0.15) is 0 Å². The van der Waals surface area contributed by atoms with Gasteiger partial charge in [0.15, 0.2) is 0 Å². The van der Waals surface area contributed by atoms with E-state index < -0.39 is 0 Å². The van der Waals surface area contributed by atoms with Gasteiger partial charge in [0, 0.05) is 21.4 Å². The molecule has 0 aliphatic rings. The average Bonchev–Trinajstić information content (AvgIpc) is 2.75. The lowest BCUT2D eigenvalue weighted by atomic mass is 10.1. The maximum absolute atomic E-state index is 13.1. The van der Waals surface area contributed by atoms with E-state index in [0.717, 1.165) is 14.4 Å². The van der Waals surface area contributed by atoms with Crippen molar-refractivity contribution in [3.05, 3.63) is 55.4 Å². The van der Waals surface area contributed by atoms with Gasteiger partial charge in [-0.05, 0) is 43.7 Å². The van der Waals surface area contributed by atoms with Crippen LogP contribution >= 0.6 is 38.9 Å². The van der Waals surface area contributed by atoms with Gasteiger partial charge in [-0.1, -0.05) is 33.6 Å². The summed E-state index contributed by atoms with van der Waals surface area (Å²) in [7, 11) is 0. The zero-order chi connectivity index (χ0) is 14.0. The molecule has 1 aromatic heterocycles. The molecular formula is C14H14BrClFNS. The second-order valence-electron chi connectivity index (χ2n) is 4.42. The second kappa shape index (κ2) is 6.35. The molecule has 0 bridgehead atoms. The average molecular weight is 363 g/mol. The highest BCUT2D eigenvalue weighted by Crippen LogP contribution is 2.30. The molecule has 1 N–H and O–H groups in total. The standard InChI is InChI=1S/C14H14BrClFNS/c1-8(11-4-3-10(17)7-12(11)15)18-9(2)13-5-6-14(16)19-13/h3-9,18H,1-2H3. The molecule has 2 atom stereocenters. The van der Waals surface area contributed by atoms with Crippen molar-refractivity contribution in [2.45, 2.75) is 25.9 Å². The molecule has 5 heteroatoms. The third-order valence-corrected chi connectivity index (χ3v) is 5.05. The molecule has 2 unspecified atom stereocenters. The Hall–Kier alpha value is -0.420. The van der Waals surface area contributed by atoms with Gasteiger partial charge in [0.25, 0.3) is 0 Å². The van der Waals surface area contributed by atoms with Crippen molar-refractivity contribution < 1.29 is 4.39 Å². The molecule has 1 heterocycles. The van der Waals surface area contributed by atoms with E-state index in [1.807, 2.05) is 12.1 Å². The normalized spacial score (nSPS) is 14.4. The lowest BCUT2D eigenvalue weighted by Crippen LogP contribution is -2.22. The first-order chi connectivity index (χ1) is 8.97. The molecule has 1 nitrogen and oxygen atoms in total. The van der Waals surface area contributed by atoms with Crippen molar-refractivity contribution in [2.24, 2.45) is 0 Å². The van der Waals surface area contributed by atoms with E-state index in [1.165, 1.54) is 17.0 Å². The fourth-order valence-corrected chi connectivity index (χ4v) is 3.73. The Labute approximate surface area is 129 Å². The predicted molar refractivity (Wildman–Crippen MR) is 83.4 cm³/mol. The first-order valence-electron chi connectivity index (χ1n) is 5.93. The van der Waals surface area contributed by atoms with Crippen LogP contribution in [0.25, 0.3) is 0 Å². The van der Waals surface area contributed by atoms with Crippen molar-refractivity contribution >= 4 is 38.9 Å². The first-order valence-corrected chi connectivity index (χ1v) is 7.92. The van der Waals surface area contributed by atoms with E-state index in [4.69, 9.17) is 11.6 Å². The topological polar surface area (TPSA) is 12.0 Å². The Morgan fingerprint density at radius 2 is 1.95 bits per heavy atom. The van der Waals surface area contributed by atoms with Gasteiger partial charge in [-0.15, -0.1) is 11.3 Å². The zero-order valence-electron chi connectivity index (χ0n) is 10.6. The summed E-state index contributed by atoms with van der Waals surface area (Å²) in [5.74, 6) is -0.235. The number of hydrogen-bond acceptors (Lipinski definition) is 2. The monoisotopic (exact) mass is 361 g/mol. The Morgan fingerprint density at radius 3 is 2.53 bits per heavy atom. The van der Waals surface area contributed by atoms with E-state index >= 15 is 0 Å². The second-order valence-corrected chi connectivity index (χ2v) is 7.02. The van der Waals surface area contributed by atoms with Gasteiger partial charge in [-0.25, -0.2) is 4.39 Å². The zero-order valence-corrected chi connectivity index (χ0v) is 13.7. The van der Waals surface area contributed by atoms with Crippen LogP contribution in [0.3, 0.4) is 0 Å². The minimum absolute atomic E-state index is 0.117. The molecule has 0 spiro atoms. The maximum atomic E-state index is 13.1. The van der Waals surface area contributed by atoms with Gasteiger partial charge in [-0.3, -0.25) is 0 Å². The third-order valence-electron chi connectivity index (χ3n) is 2.95. The van der Waals surface area contributed by atoms with E-state index in [0.29, 0.717) is 0 Å². The quantitative estimate of drug-likeness (QED) is 0.734. The van der Waals surface area contributed by atoms with Gasteiger partial charge < -0.3 is 5.32 Å². The van der Waals surface area contributed by atoms with Crippen LogP contribution in [0, 0.1) is 5.82 Å². The summed E-state index contributed by atoms with van der Waals surface area (Å²) < 4.78 is 14.7. The van der Waals surface area contributed by atoms with Crippen molar-refractivity contribution in [1.29, 1.82) is 0 Å². The van der Waals surface area contributed by atoms with Crippen LogP contribution in [-0.2, 0) is 0 Å². The number of hydrogen-bond donors (Lipinski definition) is 1. The molecular weight excluding hydrogens is 349 g/mol. The molecule has 0 aliphatic carbocycles. The van der Waals surface area contributed by atoms with Crippen molar-refractivity contribution in [3.8, 4) is 0 Å². The minimum Gasteiger partial charge on any atom is -0.303 e. The Bertz CT molecular complexity index is 572. The molecule has 0 radical (unpaired) electrons. The van der Waals surface area contributed by atoms with Crippen LogP contribution in [0.1, 0.15) is 36.4 Å². The van der Waals surface area contributed by atoms with Gasteiger partial charge in [0.05, 0.1) is 4.34 Å². The van der Waals surface area contributed by atoms with Crippen LogP contribution in [0.4, 0.5) is 4.39 Å². The van der Waals surface area contributed by atoms with E-state index in [-0.39, 0.29) is 17.9 Å². The maximum Gasteiger partial charge on any atom is 0.124 e. The smallest absolute Gasteiger partial charge is 0.124 e. The fourth-order valence-electron chi connectivity index (χ4n) is 1.96.